The molecule has 5 N–H and O–H groups in total. The van der Waals surface area contributed by atoms with Gasteiger partial charge in [-0.25, -0.2) is 9.78 Å². The Bertz CT molecular complexity index is 801. The van der Waals surface area contributed by atoms with Crippen LogP contribution in [-0.4, -0.2) is 62.2 Å². The van der Waals surface area contributed by atoms with E-state index in [-0.39, 0.29) is 22.7 Å². The van der Waals surface area contributed by atoms with Gasteiger partial charge in [0.25, 0.3) is 0 Å². The van der Waals surface area contributed by atoms with Crippen molar-refractivity contribution < 1.29 is 40.1 Å². The molecular formula is C25H40O8. The van der Waals surface area contributed by atoms with Crippen molar-refractivity contribution in [1.82, 2.24) is 0 Å². The van der Waals surface area contributed by atoms with Crippen LogP contribution in [0.15, 0.2) is 12.2 Å². The van der Waals surface area contributed by atoms with E-state index in [4.69, 9.17) is 14.9 Å². The molecule has 2 bridgehead atoms. The van der Waals surface area contributed by atoms with Crippen molar-refractivity contribution in [3.63, 3.8) is 0 Å². The Morgan fingerprint density at radius 2 is 1.79 bits per heavy atom. The number of hydrogen-bond acceptors (Lipinski definition) is 7. The largest absolute Gasteiger partial charge is 0.481 e. The first-order valence-electron chi connectivity index (χ1n) is 12.3. The Morgan fingerprint density at radius 1 is 1.12 bits per heavy atom. The van der Waals surface area contributed by atoms with Gasteiger partial charge in [-0.15, -0.1) is 0 Å². The molecular weight excluding hydrogens is 428 g/mol. The van der Waals surface area contributed by atoms with Gasteiger partial charge in [-0.2, -0.15) is 0 Å². The lowest BCUT2D eigenvalue weighted by molar-refractivity contribution is -0.439. The number of aliphatic hydroxyl groups is 4. The third-order valence-corrected chi connectivity index (χ3v) is 10.5. The van der Waals surface area contributed by atoms with Crippen molar-refractivity contribution in [3.8, 4) is 0 Å². The summed E-state index contributed by atoms with van der Waals surface area (Å²) >= 11 is 0. The molecule has 188 valence electrons. The molecule has 33 heavy (non-hydrogen) atoms. The molecule has 0 heterocycles. The molecule has 4 rings (SSSR count). The molecule has 0 amide bonds. The molecule has 0 aromatic heterocycles. The number of carboxylic acid groups (broad SMARTS) is 1. The predicted molar refractivity (Wildman–Crippen MR) is 119 cm³/mol. The van der Waals surface area contributed by atoms with Crippen molar-refractivity contribution in [2.45, 2.75) is 96.2 Å². The second-order valence-corrected chi connectivity index (χ2v) is 11.7. The fourth-order valence-corrected chi connectivity index (χ4v) is 8.71. The number of carbonyl (C=O) groups is 1. The number of hydrogen-bond donors (Lipinski definition) is 5. The maximum absolute atomic E-state index is 12.3. The number of fused-ring (bicyclic) bond motifs is 3. The highest BCUT2D eigenvalue weighted by molar-refractivity contribution is 5.75. The summed E-state index contributed by atoms with van der Waals surface area (Å²) in [5, 5.41) is 48.8. The van der Waals surface area contributed by atoms with Gasteiger partial charge in [0, 0.05) is 0 Å². The summed E-state index contributed by atoms with van der Waals surface area (Å²) in [6.07, 6.45) is 1.64. The lowest BCUT2D eigenvalue weighted by atomic mass is 9.39. The Morgan fingerprint density at radius 3 is 2.42 bits per heavy atom. The Balaban J connectivity index is 1.59. The number of aliphatic hydroxyl groups excluding tert-OH is 4. The molecule has 10 atom stereocenters. The van der Waals surface area contributed by atoms with Gasteiger partial charge in [-0.1, -0.05) is 26.8 Å². The van der Waals surface area contributed by atoms with Crippen molar-refractivity contribution in [1.29, 1.82) is 0 Å². The maximum Gasteiger partial charge on any atom is 0.309 e. The number of rotatable bonds is 7. The molecule has 0 aliphatic heterocycles. The summed E-state index contributed by atoms with van der Waals surface area (Å²) in [5.41, 5.74) is -0.753. The standard InChI is InChI=1S/C25H40O8/c1-14-12-24-10-6-17-22(3,8-5-9-23(17,4)21(30)31)18(24)7-11-25(14,15(24)2)33-32-20(29)19(28)16(27)13-26/h15-20,26-29H,1,5-13H2,2-4H3,(H,30,31)/t15-,16?,17?,18+,19-,20?,22-,23-,24-,25-/m1/s1. The molecule has 8 nitrogen and oxygen atoms in total. The summed E-state index contributed by atoms with van der Waals surface area (Å²) in [6.45, 7) is 10.00. The number of aliphatic carboxylic acids is 1. The average Bonchev–Trinajstić information content (AvgIpc) is 2.88. The van der Waals surface area contributed by atoms with E-state index >= 15 is 0 Å². The lowest BCUT2D eigenvalue weighted by Gasteiger charge is -2.65. The molecule has 0 radical (unpaired) electrons. The molecule has 3 unspecified atom stereocenters. The fraction of sp³-hybridized carbons (Fsp3) is 0.880. The van der Waals surface area contributed by atoms with Crippen LogP contribution in [0, 0.1) is 34.0 Å². The van der Waals surface area contributed by atoms with Crippen molar-refractivity contribution in [3.05, 3.63) is 12.2 Å². The fourth-order valence-electron chi connectivity index (χ4n) is 8.71. The van der Waals surface area contributed by atoms with Gasteiger partial charge >= 0.3 is 5.97 Å². The van der Waals surface area contributed by atoms with E-state index in [2.05, 4.69) is 20.4 Å². The molecule has 4 saturated carbocycles. The first-order chi connectivity index (χ1) is 15.4. The summed E-state index contributed by atoms with van der Waals surface area (Å²) in [5.74, 6) is -0.160. The zero-order valence-corrected chi connectivity index (χ0v) is 20.0. The first kappa shape index (κ1) is 25.1. The Kier molecular flexibility index (Phi) is 6.29. The third kappa shape index (κ3) is 3.36. The van der Waals surface area contributed by atoms with Crippen LogP contribution >= 0.6 is 0 Å². The van der Waals surface area contributed by atoms with E-state index in [1.54, 1.807) is 0 Å². The highest BCUT2D eigenvalue weighted by Crippen LogP contribution is 2.75. The van der Waals surface area contributed by atoms with E-state index in [9.17, 15) is 25.2 Å². The predicted octanol–water partition coefficient (Wildman–Crippen LogP) is 2.39. The number of carboxylic acids is 1. The van der Waals surface area contributed by atoms with Gasteiger partial charge in [0.1, 0.15) is 17.8 Å². The molecule has 0 saturated heterocycles. The lowest BCUT2D eigenvalue weighted by Crippen LogP contribution is -2.61. The van der Waals surface area contributed by atoms with Crippen LogP contribution in [-0.2, 0) is 14.6 Å². The average molecular weight is 469 g/mol. The minimum atomic E-state index is -1.81. The van der Waals surface area contributed by atoms with E-state index in [0.717, 1.165) is 50.5 Å². The summed E-state index contributed by atoms with van der Waals surface area (Å²) in [6, 6.07) is 0. The van der Waals surface area contributed by atoms with Crippen LogP contribution in [0.25, 0.3) is 0 Å². The van der Waals surface area contributed by atoms with Crippen molar-refractivity contribution >= 4 is 5.97 Å². The van der Waals surface area contributed by atoms with E-state index in [0.29, 0.717) is 12.3 Å². The van der Waals surface area contributed by atoms with Crippen LogP contribution in [0.3, 0.4) is 0 Å². The monoisotopic (exact) mass is 468 g/mol. The summed E-state index contributed by atoms with van der Waals surface area (Å²) in [4.78, 5) is 23.4. The molecule has 0 aromatic rings. The SMILES string of the molecule is C=C1C[C@@]23CCC4[C@](C)(C(=O)O)CCC[C@@]4(C)[C@@H]2CC[C@]1(OOC(O)[C@H](O)C(O)CO)[C@@H]3C. The quantitative estimate of drug-likeness (QED) is 0.166. The second kappa shape index (κ2) is 8.28. The van der Waals surface area contributed by atoms with Gasteiger partial charge in [-0.3, -0.25) is 4.79 Å². The smallest absolute Gasteiger partial charge is 0.309 e. The van der Waals surface area contributed by atoms with Crippen LogP contribution in [0.1, 0.15) is 72.1 Å². The van der Waals surface area contributed by atoms with Gasteiger partial charge in [0.05, 0.1) is 12.0 Å². The summed E-state index contributed by atoms with van der Waals surface area (Å²) in [7, 11) is 0. The van der Waals surface area contributed by atoms with E-state index < -0.39 is 42.1 Å². The molecule has 4 fully saturated rings. The molecule has 0 aromatic carbocycles. The van der Waals surface area contributed by atoms with Gasteiger partial charge in [-0.05, 0) is 86.0 Å². The van der Waals surface area contributed by atoms with Crippen LogP contribution in [0.4, 0.5) is 0 Å². The topological polar surface area (TPSA) is 137 Å². The maximum atomic E-state index is 12.3. The van der Waals surface area contributed by atoms with E-state index in [1.165, 1.54) is 0 Å². The second-order valence-electron chi connectivity index (χ2n) is 11.7. The first-order valence-corrected chi connectivity index (χ1v) is 12.3. The highest BCUT2D eigenvalue weighted by Gasteiger charge is 2.71. The highest BCUT2D eigenvalue weighted by atomic mass is 17.2. The normalized spacial score (nSPS) is 47.4. The van der Waals surface area contributed by atoms with Crippen LogP contribution in [0.5, 0.6) is 0 Å². The zero-order valence-electron chi connectivity index (χ0n) is 20.0. The minimum absolute atomic E-state index is 0.0409. The minimum Gasteiger partial charge on any atom is -0.481 e. The third-order valence-electron chi connectivity index (χ3n) is 10.5. The van der Waals surface area contributed by atoms with Crippen molar-refractivity contribution in [2.75, 3.05) is 6.61 Å². The Hall–Kier alpha value is -1.03. The summed E-state index contributed by atoms with van der Waals surface area (Å²) < 4.78 is 0. The van der Waals surface area contributed by atoms with Gasteiger partial charge in [0.2, 0.25) is 6.29 Å². The van der Waals surface area contributed by atoms with Crippen molar-refractivity contribution in [2.24, 2.45) is 34.0 Å². The van der Waals surface area contributed by atoms with Crippen LogP contribution in [0.2, 0.25) is 0 Å². The Labute approximate surface area is 195 Å². The molecule has 4 aliphatic rings. The zero-order chi connectivity index (χ0) is 24.4. The molecule has 8 heteroatoms. The molecule has 1 spiro atoms. The van der Waals surface area contributed by atoms with Crippen LogP contribution < -0.4 is 0 Å². The molecule has 4 aliphatic carbocycles. The van der Waals surface area contributed by atoms with Gasteiger partial charge in [0.15, 0.2) is 0 Å². The van der Waals surface area contributed by atoms with Gasteiger partial charge < -0.3 is 25.5 Å². The van der Waals surface area contributed by atoms with E-state index in [1.807, 2.05) is 6.92 Å².